The zero-order chi connectivity index (χ0) is 15.9. The van der Waals surface area contributed by atoms with Gasteiger partial charge in [-0.1, -0.05) is 31.2 Å². The quantitative estimate of drug-likeness (QED) is 0.826. The van der Waals surface area contributed by atoms with E-state index in [-0.39, 0.29) is 11.8 Å². The Morgan fingerprint density at radius 3 is 2.73 bits per heavy atom. The van der Waals surface area contributed by atoms with E-state index in [2.05, 4.69) is 33.7 Å². The van der Waals surface area contributed by atoms with Crippen LogP contribution in [0.1, 0.15) is 31.4 Å². The van der Waals surface area contributed by atoms with Crippen molar-refractivity contribution in [2.24, 2.45) is 0 Å². The molecule has 0 bridgehead atoms. The molecular formula is C17H25N3O2. The molecule has 0 unspecified atom stereocenters. The van der Waals surface area contributed by atoms with Gasteiger partial charge in [0.1, 0.15) is 6.04 Å². The van der Waals surface area contributed by atoms with Gasteiger partial charge in [-0.05, 0) is 30.9 Å². The van der Waals surface area contributed by atoms with Crippen molar-refractivity contribution in [2.75, 3.05) is 19.6 Å². The van der Waals surface area contributed by atoms with E-state index in [0.717, 1.165) is 25.9 Å². The smallest absolute Gasteiger partial charge is 0.242 e. The summed E-state index contributed by atoms with van der Waals surface area (Å²) in [6, 6.07) is 7.85. The van der Waals surface area contributed by atoms with E-state index in [1.807, 2.05) is 13.0 Å². The third-order valence-corrected chi connectivity index (χ3v) is 3.90. The second-order valence-corrected chi connectivity index (χ2v) is 5.81. The van der Waals surface area contributed by atoms with Gasteiger partial charge < -0.3 is 10.6 Å². The predicted octanol–water partition coefficient (Wildman–Crippen LogP) is 1.08. The van der Waals surface area contributed by atoms with Crippen molar-refractivity contribution < 1.29 is 9.59 Å². The van der Waals surface area contributed by atoms with Gasteiger partial charge in [-0.25, -0.2) is 0 Å². The molecule has 0 spiro atoms. The highest BCUT2D eigenvalue weighted by Gasteiger charge is 2.20. The fraction of sp³-hybridized carbons (Fsp3) is 0.529. The van der Waals surface area contributed by atoms with Crippen LogP contribution in [0.5, 0.6) is 0 Å². The molecule has 0 fully saturated rings. The SMILES string of the molecule is CCCNC(=O)[C@@H](C)NC(=O)CN1CCc2ccccc2C1. The molecule has 5 heteroatoms. The number of amides is 2. The van der Waals surface area contributed by atoms with Crippen LogP contribution in [0.4, 0.5) is 0 Å². The monoisotopic (exact) mass is 303 g/mol. The van der Waals surface area contributed by atoms with E-state index in [4.69, 9.17) is 0 Å². The number of hydrogen-bond donors (Lipinski definition) is 2. The molecule has 1 heterocycles. The molecule has 1 aliphatic rings. The molecule has 22 heavy (non-hydrogen) atoms. The molecule has 1 aromatic rings. The maximum Gasteiger partial charge on any atom is 0.242 e. The summed E-state index contributed by atoms with van der Waals surface area (Å²) in [6.07, 6.45) is 1.86. The van der Waals surface area contributed by atoms with Crippen molar-refractivity contribution in [3.63, 3.8) is 0 Å². The molecule has 0 saturated heterocycles. The minimum atomic E-state index is -0.490. The number of benzene rings is 1. The Hall–Kier alpha value is -1.88. The molecule has 2 amide bonds. The number of carbonyl (C=O) groups is 2. The van der Waals surface area contributed by atoms with Crippen LogP contribution in [-0.4, -0.2) is 42.4 Å². The van der Waals surface area contributed by atoms with Crippen LogP contribution in [0.2, 0.25) is 0 Å². The zero-order valence-corrected chi connectivity index (χ0v) is 13.4. The highest BCUT2D eigenvalue weighted by Crippen LogP contribution is 2.17. The second kappa shape index (κ2) is 7.94. The normalized spacial score (nSPS) is 15.7. The number of carbonyl (C=O) groups excluding carboxylic acids is 2. The molecule has 0 saturated carbocycles. The van der Waals surface area contributed by atoms with Gasteiger partial charge in [0, 0.05) is 19.6 Å². The number of fused-ring (bicyclic) bond motifs is 1. The lowest BCUT2D eigenvalue weighted by Gasteiger charge is -2.28. The number of hydrogen-bond acceptors (Lipinski definition) is 3. The molecule has 2 N–H and O–H groups in total. The number of nitrogens with zero attached hydrogens (tertiary/aromatic N) is 1. The Labute approximate surface area is 132 Å². The predicted molar refractivity (Wildman–Crippen MR) is 86.3 cm³/mol. The molecule has 1 aromatic carbocycles. The molecule has 0 aromatic heterocycles. The molecule has 0 aliphatic carbocycles. The Bertz CT molecular complexity index is 530. The van der Waals surface area contributed by atoms with Gasteiger partial charge in [-0.3, -0.25) is 14.5 Å². The first-order chi connectivity index (χ1) is 10.6. The number of rotatable bonds is 6. The Morgan fingerprint density at radius 1 is 1.27 bits per heavy atom. The van der Waals surface area contributed by atoms with Crippen molar-refractivity contribution in [3.05, 3.63) is 35.4 Å². The van der Waals surface area contributed by atoms with Crippen LogP contribution in [0, 0.1) is 0 Å². The summed E-state index contributed by atoms with van der Waals surface area (Å²) >= 11 is 0. The van der Waals surface area contributed by atoms with Crippen LogP contribution in [0.25, 0.3) is 0 Å². The fourth-order valence-corrected chi connectivity index (χ4v) is 2.65. The molecule has 1 aliphatic heterocycles. The van der Waals surface area contributed by atoms with E-state index < -0.39 is 6.04 Å². The van der Waals surface area contributed by atoms with Crippen LogP contribution < -0.4 is 10.6 Å². The minimum absolute atomic E-state index is 0.0986. The summed E-state index contributed by atoms with van der Waals surface area (Å²) in [6.45, 7) is 6.36. The number of nitrogens with one attached hydrogen (secondary N) is 2. The van der Waals surface area contributed by atoms with Gasteiger partial charge >= 0.3 is 0 Å². The second-order valence-electron chi connectivity index (χ2n) is 5.81. The lowest BCUT2D eigenvalue weighted by atomic mass is 10.00. The van der Waals surface area contributed by atoms with Crippen LogP contribution in [-0.2, 0) is 22.6 Å². The summed E-state index contributed by atoms with van der Waals surface area (Å²) in [5, 5.41) is 5.55. The first-order valence-corrected chi connectivity index (χ1v) is 7.96. The largest absolute Gasteiger partial charge is 0.354 e. The van der Waals surface area contributed by atoms with Crippen LogP contribution >= 0.6 is 0 Å². The summed E-state index contributed by atoms with van der Waals surface area (Å²) in [4.78, 5) is 26.0. The molecule has 1 atom stereocenters. The summed E-state index contributed by atoms with van der Waals surface area (Å²) in [5.74, 6) is -0.224. The lowest BCUT2D eigenvalue weighted by Crippen LogP contribution is -2.48. The van der Waals surface area contributed by atoms with E-state index >= 15 is 0 Å². The van der Waals surface area contributed by atoms with Gasteiger partial charge in [-0.2, -0.15) is 0 Å². The Morgan fingerprint density at radius 2 is 2.00 bits per heavy atom. The summed E-state index contributed by atoms with van der Waals surface area (Å²) < 4.78 is 0. The summed E-state index contributed by atoms with van der Waals surface area (Å²) in [5.41, 5.74) is 2.65. The van der Waals surface area contributed by atoms with E-state index in [1.54, 1.807) is 6.92 Å². The average molecular weight is 303 g/mol. The minimum Gasteiger partial charge on any atom is -0.354 e. The van der Waals surface area contributed by atoms with Crippen molar-refractivity contribution in [1.82, 2.24) is 15.5 Å². The van der Waals surface area contributed by atoms with Gasteiger partial charge in [0.25, 0.3) is 0 Å². The third-order valence-electron chi connectivity index (χ3n) is 3.90. The highest BCUT2D eigenvalue weighted by molar-refractivity contribution is 5.87. The molecule has 5 nitrogen and oxygen atoms in total. The molecule has 120 valence electrons. The third kappa shape index (κ3) is 4.56. The first-order valence-electron chi connectivity index (χ1n) is 7.96. The van der Waals surface area contributed by atoms with E-state index in [9.17, 15) is 9.59 Å². The first kappa shape index (κ1) is 16.5. The molecular weight excluding hydrogens is 278 g/mol. The van der Waals surface area contributed by atoms with Gasteiger partial charge in [0.15, 0.2) is 0 Å². The Kier molecular flexibility index (Phi) is 5.95. The topological polar surface area (TPSA) is 61.4 Å². The maximum atomic E-state index is 12.1. The van der Waals surface area contributed by atoms with E-state index in [0.29, 0.717) is 13.1 Å². The molecule has 0 radical (unpaired) electrons. The van der Waals surface area contributed by atoms with Crippen molar-refractivity contribution in [1.29, 1.82) is 0 Å². The lowest BCUT2D eigenvalue weighted by molar-refractivity contribution is -0.129. The fourth-order valence-electron chi connectivity index (χ4n) is 2.65. The standard InChI is InChI=1S/C17H25N3O2/c1-3-9-18-17(22)13(2)19-16(21)12-20-10-8-14-6-4-5-7-15(14)11-20/h4-7,13H,3,8-12H2,1-2H3,(H,18,22)(H,19,21)/t13-/m1/s1. The summed E-state index contributed by atoms with van der Waals surface area (Å²) in [7, 11) is 0. The van der Waals surface area contributed by atoms with Gasteiger partial charge in [0.2, 0.25) is 11.8 Å². The van der Waals surface area contributed by atoms with Gasteiger partial charge in [0.05, 0.1) is 6.54 Å². The highest BCUT2D eigenvalue weighted by atomic mass is 16.2. The van der Waals surface area contributed by atoms with Gasteiger partial charge in [-0.15, -0.1) is 0 Å². The molecule has 2 rings (SSSR count). The van der Waals surface area contributed by atoms with Crippen molar-refractivity contribution in [3.8, 4) is 0 Å². The Balaban J connectivity index is 1.79. The van der Waals surface area contributed by atoms with Crippen LogP contribution in [0.3, 0.4) is 0 Å². The average Bonchev–Trinajstić information content (AvgIpc) is 2.52. The maximum absolute atomic E-state index is 12.1. The van der Waals surface area contributed by atoms with Crippen molar-refractivity contribution in [2.45, 2.75) is 39.3 Å². The van der Waals surface area contributed by atoms with Crippen molar-refractivity contribution >= 4 is 11.8 Å². The van der Waals surface area contributed by atoms with Crippen LogP contribution in [0.15, 0.2) is 24.3 Å². The zero-order valence-electron chi connectivity index (χ0n) is 13.4. The van der Waals surface area contributed by atoms with E-state index in [1.165, 1.54) is 11.1 Å².